The Bertz CT molecular complexity index is 626. The Hall–Kier alpha value is -1.91. The quantitative estimate of drug-likeness (QED) is 0.857. The summed E-state index contributed by atoms with van der Waals surface area (Å²) in [5, 5.41) is 13.6. The topological polar surface area (TPSA) is 67.5 Å². The SMILES string of the molecule is Cc1nc2cc(C3CC3)nn2c(C)c1C(=O)O. The molecular formula is C12H13N3O2. The van der Waals surface area contributed by atoms with Crippen LogP contribution < -0.4 is 0 Å². The van der Waals surface area contributed by atoms with Crippen LogP contribution in [0, 0.1) is 13.8 Å². The van der Waals surface area contributed by atoms with Gasteiger partial charge in [0.1, 0.15) is 5.56 Å². The Labute approximate surface area is 98.1 Å². The fourth-order valence-electron chi connectivity index (χ4n) is 2.20. The molecule has 2 aromatic rings. The molecule has 1 aliphatic rings. The molecule has 0 aliphatic heterocycles. The molecule has 1 fully saturated rings. The second-order valence-corrected chi connectivity index (χ2v) is 4.58. The molecule has 1 aliphatic carbocycles. The summed E-state index contributed by atoms with van der Waals surface area (Å²) < 4.78 is 1.64. The van der Waals surface area contributed by atoms with Crippen molar-refractivity contribution in [2.75, 3.05) is 0 Å². The zero-order chi connectivity index (χ0) is 12.2. The maximum Gasteiger partial charge on any atom is 0.339 e. The molecule has 0 radical (unpaired) electrons. The predicted molar refractivity (Wildman–Crippen MR) is 61.4 cm³/mol. The molecule has 5 nitrogen and oxygen atoms in total. The van der Waals surface area contributed by atoms with Crippen molar-refractivity contribution >= 4 is 11.6 Å². The van der Waals surface area contributed by atoms with Crippen molar-refractivity contribution in [3.63, 3.8) is 0 Å². The van der Waals surface area contributed by atoms with Crippen LogP contribution in [0.15, 0.2) is 6.07 Å². The van der Waals surface area contributed by atoms with E-state index in [0.717, 1.165) is 11.3 Å². The number of hydrogen-bond acceptors (Lipinski definition) is 3. The zero-order valence-corrected chi connectivity index (χ0v) is 9.77. The number of hydrogen-bond donors (Lipinski definition) is 1. The molecule has 3 rings (SSSR count). The summed E-state index contributed by atoms with van der Waals surface area (Å²) in [5.41, 5.74) is 3.22. The molecule has 17 heavy (non-hydrogen) atoms. The number of carboxylic acid groups (broad SMARTS) is 1. The Morgan fingerprint density at radius 3 is 2.76 bits per heavy atom. The van der Waals surface area contributed by atoms with E-state index in [2.05, 4.69) is 10.1 Å². The van der Waals surface area contributed by atoms with Crippen molar-refractivity contribution in [2.45, 2.75) is 32.6 Å². The lowest BCUT2D eigenvalue weighted by molar-refractivity contribution is 0.0694. The fourth-order valence-corrected chi connectivity index (χ4v) is 2.20. The molecule has 88 valence electrons. The van der Waals surface area contributed by atoms with Crippen LogP contribution in [0.2, 0.25) is 0 Å². The molecule has 1 saturated carbocycles. The lowest BCUT2D eigenvalue weighted by Crippen LogP contribution is -2.10. The molecule has 0 amide bonds. The fraction of sp³-hybridized carbons (Fsp3) is 0.417. The van der Waals surface area contributed by atoms with Gasteiger partial charge in [0.15, 0.2) is 5.65 Å². The number of aromatic carboxylic acids is 1. The normalized spacial score (nSPS) is 15.4. The van der Waals surface area contributed by atoms with Crippen LogP contribution in [0.5, 0.6) is 0 Å². The Morgan fingerprint density at radius 1 is 1.47 bits per heavy atom. The first-order valence-electron chi connectivity index (χ1n) is 5.68. The van der Waals surface area contributed by atoms with Crippen LogP contribution in [-0.4, -0.2) is 25.7 Å². The largest absolute Gasteiger partial charge is 0.478 e. The highest BCUT2D eigenvalue weighted by atomic mass is 16.4. The molecule has 0 atom stereocenters. The smallest absolute Gasteiger partial charge is 0.339 e. The van der Waals surface area contributed by atoms with E-state index in [0.29, 0.717) is 17.3 Å². The Kier molecular flexibility index (Phi) is 1.98. The average Bonchev–Trinajstić information content (AvgIpc) is 2.99. The monoisotopic (exact) mass is 231 g/mol. The van der Waals surface area contributed by atoms with E-state index in [1.54, 1.807) is 18.4 Å². The number of rotatable bonds is 2. The van der Waals surface area contributed by atoms with Crippen molar-refractivity contribution in [2.24, 2.45) is 0 Å². The van der Waals surface area contributed by atoms with Crippen LogP contribution in [0.25, 0.3) is 5.65 Å². The van der Waals surface area contributed by atoms with Gasteiger partial charge in [-0.25, -0.2) is 14.3 Å². The average molecular weight is 231 g/mol. The second-order valence-electron chi connectivity index (χ2n) is 4.58. The lowest BCUT2D eigenvalue weighted by Gasteiger charge is -2.06. The van der Waals surface area contributed by atoms with Crippen LogP contribution in [0.1, 0.15) is 46.2 Å². The molecule has 0 spiro atoms. The van der Waals surface area contributed by atoms with Gasteiger partial charge in [-0.2, -0.15) is 5.10 Å². The van der Waals surface area contributed by atoms with Crippen molar-refractivity contribution in [3.05, 3.63) is 28.7 Å². The summed E-state index contributed by atoms with van der Waals surface area (Å²) in [7, 11) is 0. The maximum absolute atomic E-state index is 11.2. The number of carboxylic acids is 1. The lowest BCUT2D eigenvalue weighted by atomic mass is 10.2. The molecular weight excluding hydrogens is 218 g/mol. The summed E-state index contributed by atoms with van der Waals surface area (Å²) in [6.45, 7) is 3.50. The number of nitrogens with zero attached hydrogens (tertiary/aromatic N) is 3. The van der Waals surface area contributed by atoms with Gasteiger partial charge in [-0.05, 0) is 26.7 Å². The number of carbonyl (C=O) groups is 1. The molecule has 5 heteroatoms. The highest BCUT2D eigenvalue weighted by Crippen LogP contribution is 2.39. The van der Waals surface area contributed by atoms with Gasteiger partial charge in [-0.15, -0.1) is 0 Å². The molecule has 2 aromatic heterocycles. The molecule has 0 aromatic carbocycles. The molecule has 0 bridgehead atoms. The van der Waals surface area contributed by atoms with E-state index < -0.39 is 5.97 Å². The first-order chi connectivity index (χ1) is 8.08. The Morgan fingerprint density at radius 2 is 2.18 bits per heavy atom. The van der Waals surface area contributed by atoms with Crippen LogP contribution in [0.4, 0.5) is 0 Å². The molecule has 2 heterocycles. The zero-order valence-electron chi connectivity index (χ0n) is 9.77. The minimum absolute atomic E-state index is 0.253. The number of aryl methyl sites for hydroxylation is 2. The van der Waals surface area contributed by atoms with Gasteiger partial charge >= 0.3 is 5.97 Å². The summed E-state index contributed by atoms with van der Waals surface area (Å²) >= 11 is 0. The van der Waals surface area contributed by atoms with Gasteiger partial charge in [0.25, 0.3) is 0 Å². The van der Waals surface area contributed by atoms with Crippen molar-refractivity contribution in [1.29, 1.82) is 0 Å². The Balaban J connectivity index is 2.28. The van der Waals surface area contributed by atoms with Crippen molar-refractivity contribution < 1.29 is 9.90 Å². The van der Waals surface area contributed by atoms with Gasteiger partial charge in [0.05, 0.1) is 17.1 Å². The summed E-state index contributed by atoms with van der Waals surface area (Å²) in [4.78, 5) is 15.5. The summed E-state index contributed by atoms with van der Waals surface area (Å²) in [5.74, 6) is -0.400. The second kappa shape index (κ2) is 3.29. The summed E-state index contributed by atoms with van der Waals surface area (Å²) in [6.07, 6.45) is 2.35. The van der Waals surface area contributed by atoms with Crippen molar-refractivity contribution in [1.82, 2.24) is 14.6 Å². The standard InChI is InChI=1S/C12H13N3O2/c1-6-11(12(16)17)7(2)15-10(13-6)5-9(14-15)8-3-4-8/h5,8H,3-4H2,1-2H3,(H,16,17). The van der Waals surface area contributed by atoms with E-state index >= 15 is 0 Å². The van der Waals surface area contributed by atoms with Gasteiger partial charge in [-0.1, -0.05) is 0 Å². The maximum atomic E-state index is 11.2. The first kappa shape index (κ1) is 10.3. The minimum Gasteiger partial charge on any atom is -0.478 e. The van der Waals surface area contributed by atoms with E-state index in [1.807, 2.05) is 6.07 Å². The predicted octanol–water partition coefficient (Wildman–Crippen LogP) is 1.92. The highest BCUT2D eigenvalue weighted by molar-refractivity contribution is 5.90. The third-order valence-electron chi connectivity index (χ3n) is 3.24. The highest BCUT2D eigenvalue weighted by Gasteiger charge is 2.27. The first-order valence-corrected chi connectivity index (χ1v) is 5.68. The van der Waals surface area contributed by atoms with Gasteiger partial charge in [-0.3, -0.25) is 0 Å². The van der Waals surface area contributed by atoms with Gasteiger partial charge in [0, 0.05) is 12.0 Å². The van der Waals surface area contributed by atoms with Crippen LogP contribution in [-0.2, 0) is 0 Å². The van der Waals surface area contributed by atoms with E-state index in [4.69, 9.17) is 5.11 Å². The third-order valence-corrected chi connectivity index (χ3v) is 3.24. The third kappa shape index (κ3) is 1.50. The summed E-state index contributed by atoms with van der Waals surface area (Å²) in [6, 6.07) is 1.96. The minimum atomic E-state index is -0.946. The van der Waals surface area contributed by atoms with Crippen molar-refractivity contribution in [3.8, 4) is 0 Å². The van der Waals surface area contributed by atoms with Crippen LogP contribution in [0.3, 0.4) is 0 Å². The van der Waals surface area contributed by atoms with E-state index in [-0.39, 0.29) is 5.56 Å². The number of fused-ring (bicyclic) bond motifs is 1. The number of aromatic nitrogens is 3. The van der Waals surface area contributed by atoms with E-state index in [9.17, 15) is 4.79 Å². The van der Waals surface area contributed by atoms with Gasteiger partial charge in [0.2, 0.25) is 0 Å². The molecule has 0 saturated heterocycles. The van der Waals surface area contributed by atoms with Crippen LogP contribution >= 0.6 is 0 Å². The molecule has 1 N–H and O–H groups in total. The van der Waals surface area contributed by atoms with Gasteiger partial charge < -0.3 is 5.11 Å². The molecule has 0 unspecified atom stereocenters. The van der Waals surface area contributed by atoms with E-state index in [1.165, 1.54) is 12.8 Å².